The van der Waals surface area contributed by atoms with Crippen molar-refractivity contribution >= 4 is 34.6 Å². The highest BCUT2D eigenvalue weighted by atomic mass is 35.5. The molecule has 0 aromatic rings. The van der Waals surface area contributed by atoms with E-state index in [4.69, 9.17) is 16.3 Å². The lowest BCUT2D eigenvalue weighted by Crippen LogP contribution is -2.46. The van der Waals surface area contributed by atoms with E-state index in [2.05, 4.69) is 10.3 Å². The quantitative estimate of drug-likeness (QED) is 0.410. The zero-order valence-corrected chi connectivity index (χ0v) is 21.7. The first-order chi connectivity index (χ1) is 17.0. The number of urea groups is 1. The molecule has 0 saturated carbocycles. The second-order valence-electron chi connectivity index (χ2n) is 10.5. The molecule has 12 heteroatoms. The maximum absolute atomic E-state index is 13.3. The summed E-state index contributed by atoms with van der Waals surface area (Å²) in [5.41, 5.74) is -0.659. The number of allylic oxidation sites excluding steroid dienone is 1. The number of amidine groups is 1. The molecule has 7 nitrogen and oxygen atoms in total. The summed E-state index contributed by atoms with van der Waals surface area (Å²) in [6, 6.07) is -0.337. The van der Waals surface area contributed by atoms with Crippen LogP contribution in [0.4, 0.5) is 18.0 Å². The number of carbonyl (C=O) groups is 1. The number of alkyl halides is 4. The van der Waals surface area contributed by atoms with Gasteiger partial charge in [0.25, 0.3) is 0 Å². The Bertz CT molecular complexity index is 961. The van der Waals surface area contributed by atoms with E-state index in [0.29, 0.717) is 37.6 Å². The fourth-order valence-corrected chi connectivity index (χ4v) is 7.35. The molecule has 5 rings (SSSR count). The molecule has 1 spiro atoms. The predicted octanol–water partition coefficient (Wildman–Crippen LogP) is 4.08. The Morgan fingerprint density at radius 1 is 1.39 bits per heavy atom. The van der Waals surface area contributed by atoms with Crippen LogP contribution in [0.25, 0.3) is 0 Å². The SMILES string of the molecule is CC(O)N1CCC2(C1)CN(C(=O)NC1=NCC(Cl)S1)C1C=C[C@@H](OC3CC=C(C(F)(F)F)CC3)CC12. The Morgan fingerprint density at radius 2 is 2.19 bits per heavy atom. The molecule has 2 aliphatic carbocycles. The molecule has 7 atom stereocenters. The van der Waals surface area contributed by atoms with E-state index in [1.807, 2.05) is 22.0 Å². The van der Waals surface area contributed by atoms with Crippen LogP contribution in [0.1, 0.15) is 39.0 Å². The highest BCUT2D eigenvalue weighted by Gasteiger charge is 2.57. The van der Waals surface area contributed by atoms with Crippen LogP contribution in [0.15, 0.2) is 28.8 Å². The molecular formula is C24H32ClF3N4O3S. The second kappa shape index (κ2) is 10.1. The molecule has 2 saturated heterocycles. The summed E-state index contributed by atoms with van der Waals surface area (Å²) in [7, 11) is 0. The van der Waals surface area contributed by atoms with Crippen LogP contribution in [0.3, 0.4) is 0 Å². The lowest BCUT2D eigenvalue weighted by molar-refractivity contribution is -0.0984. The van der Waals surface area contributed by atoms with E-state index < -0.39 is 18.0 Å². The van der Waals surface area contributed by atoms with Gasteiger partial charge in [0.2, 0.25) is 0 Å². The average Bonchev–Trinajstić information content (AvgIpc) is 3.52. The predicted molar refractivity (Wildman–Crippen MR) is 133 cm³/mol. The average molecular weight is 549 g/mol. The fourth-order valence-electron chi connectivity index (χ4n) is 6.34. The lowest BCUT2D eigenvalue weighted by atomic mass is 9.70. The highest BCUT2D eigenvalue weighted by Crippen LogP contribution is 2.51. The van der Waals surface area contributed by atoms with Crippen LogP contribution in [0, 0.1) is 11.3 Å². The topological polar surface area (TPSA) is 77.4 Å². The van der Waals surface area contributed by atoms with Crippen molar-refractivity contribution in [3.05, 3.63) is 23.8 Å². The van der Waals surface area contributed by atoms with E-state index in [9.17, 15) is 23.1 Å². The number of thioether (sulfide) groups is 1. The van der Waals surface area contributed by atoms with Gasteiger partial charge in [0.1, 0.15) is 10.9 Å². The van der Waals surface area contributed by atoms with Crippen LogP contribution in [0.5, 0.6) is 0 Å². The van der Waals surface area contributed by atoms with Crippen LogP contribution < -0.4 is 5.32 Å². The normalized spacial score (nSPS) is 37.7. The molecule has 36 heavy (non-hydrogen) atoms. The summed E-state index contributed by atoms with van der Waals surface area (Å²) in [5, 5.41) is 13.6. The molecule has 2 amide bonds. The molecule has 2 fully saturated rings. The standard InChI is InChI=1S/C24H32ClF3N4O3S/c1-14(33)31-9-8-23(12-31)13-32(22(34)30-21-29-11-20(25)36-21)19-7-6-17(10-18(19)23)35-16-4-2-15(3-5-16)24(26,27)28/h2,6-7,14,16-20,33H,3-5,8-13H2,1H3,(H,29,30,34)/t14?,16?,17-,18?,19?,20?,23?/m1/s1. The molecule has 200 valence electrons. The molecule has 3 heterocycles. The van der Waals surface area contributed by atoms with E-state index in [1.165, 1.54) is 17.8 Å². The molecule has 0 aromatic heterocycles. The number of likely N-dealkylation sites (tertiary alicyclic amines) is 2. The minimum absolute atomic E-state index is 0.0249. The van der Waals surface area contributed by atoms with Gasteiger partial charge in [-0.1, -0.05) is 30.0 Å². The lowest BCUT2D eigenvalue weighted by Gasteiger charge is -2.38. The van der Waals surface area contributed by atoms with Crippen LogP contribution in [0.2, 0.25) is 0 Å². The van der Waals surface area contributed by atoms with Crippen molar-refractivity contribution < 1.29 is 27.8 Å². The highest BCUT2D eigenvalue weighted by molar-refractivity contribution is 8.15. The van der Waals surface area contributed by atoms with Gasteiger partial charge < -0.3 is 14.7 Å². The number of rotatable bonds is 3. The van der Waals surface area contributed by atoms with Gasteiger partial charge in [0.05, 0.1) is 24.8 Å². The number of nitrogens with one attached hydrogen (secondary N) is 1. The van der Waals surface area contributed by atoms with Gasteiger partial charge in [-0.05, 0) is 44.9 Å². The summed E-state index contributed by atoms with van der Waals surface area (Å²) >= 11 is 7.44. The van der Waals surface area contributed by atoms with Crippen molar-refractivity contribution in [1.82, 2.24) is 15.1 Å². The van der Waals surface area contributed by atoms with Crippen molar-refractivity contribution in [1.29, 1.82) is 0 Å². The third-order valence-corrected chi connectivity index (χ3v) is 9.45. The number of amides is 2. The minimum Gasteiger partial charge on any atom is -0.379 e. The zero-order chi connectivity index (χ0) is 25.7. The van der Waals surface area contributed by atoms with Gasteiger partial charge in [0, 0.05) is 30.6 Å². The van der Waals surface area contributed by atoms with Crippen molar-refractivity contribution in [3.63, 3.8) is 0 Å². The van der Waals surface area contributed by atoms with E-state index >= 15 is 0 Å². The number of aliphatic hydroxyl groups excluding tert-OH is 1. The first-order valence-electron chi connectivity index (χ1n) is 12.5. The van der Waals surface area contributed by atoms with Gasteiger partial charge in [-0.15, -0.1) is 11.6 Å². The van der Waals surface area contributed by atoms with Gasteiger partial charge in [-0.25, -0.2) is 4.79 Å². The monoisotopic (exact) mass is 548 g/mol. The number of aliphatic imine (C=N–C) groups is 1. The van der Waals surface area contributed by atoms with E-state index in [0.717, 1.165) is 13.0 Å². The van der Waals surface area contributed by atoms with E-state index in [-0.39, 0.29) is 53.2 Å². The fraction of sp³-hybridized carbons (Fsp3) is 0.750. The molecule has 3 aliphatic heterocycles. The Labute approximate surface area is 218 Å². The van der Waals surface area contributed by atoms with Crippen LogP contribution in [-0.2, 0) is 4.74 Å². The molecule has 0 bridgehead atoms. The molecular weight excluding hydrogens is 517 g/mol. The molecule has 2 N–H and O–H groups in total. The van der Waals surface area contributed by atoms with Crippen molar-refractivity contribution in [2.45, 2.75) is 74.4 Å². The zero-order valence-electron chi connectivity index (χ0n) is 20.1. The smallest absolute Gasteiger partial charge is 0.379 e. The second-order valence-corrected chi connectivity index (χ2v) is 12.4. The number of aliphatic hydroxyl groups is 1. The van der Waals surface area contributed by atoms with Crippen molar-refractivity contribution in [2.75, 3.05) is 26.2 Å². The summed E-state index contributed by atoms with van der Waals surface area (Å²) in [4.78, 5) is 21.5. The molecule has 0 aromatic carbocycles. The van der Waals surface area contributed by atoms with Gasteiger partial charge in [-0.3, -0.25) is 15.2 Å². The van der Waals surface area contributed by atoms with Crippen LogP contribution in [-0.4, -0.2) is 87.6 Å². The Hall–Kier alpha value is -1.27. The Balaban J connectivity index is 1.30. The van der Waals surface area contributed by atoms with Crippen molar-refractivity contribution in [2.24, 2.45) is 16.3 Å². The molecule has 6 unspecified atom stereocenters. The summed E-state index contributed by atoms with van der Waals surface area (Å²) in [6.45, 7) is 4.19. The van der Waals surface area contributed by atoms with Crippen molar-refractivity contribution in [3.8, 4) is 0 Å². The van der Waals surface area contributed by atoms with Gasteiger partial charge in [0.15, 0.2) is 5.17 Å². The number of halogens is 4. The first-order valence-corrected chi connectivity index (χ1v) is 13.8. The maximum atomic E-state index is 13.3. The molecule has 5 aliphatic rings. The number of nitrogens with zero attached hydrogens (tertiary/aromatic N) is 3. The van der Waals surface area contributed by atoms with Gasteiger partial charge >= 0.3 is 12.2 Å². The largest absolute Gasteiger partial charge is 0.412 e. The number of hydrogen-bond donors (Lipinski definition) is 2. The Kier molecular flexibility index (Phi) is 7.41. The van der Waals surface area contributed by atoms with Crippen LogP contribution >= 0.6 is 23.4 Å². The van der Waals surface area contributed by atoms with Gasteiger partial charge in [-0.2, -0.15) is 13.2 Å². The number of ether oxygens (including phenoxy) is 1. The summed E-state index contributed by atoms with van der Waals surface area (Å²) in [5.74, 6) is 0.116. The van der Waals surface area contributed by atoms with E-state index in [1.54, 1.807) is 6.92 Å². The Morgan fingerprint density at radius 3 is 2.81 bits per heavy atom. The molecule has 0 radical (unpaired) electrons. The third kappa shape index (κ3) is 5.32. The number of carbonyl (C=O) groups excluding carboxylic acids is 1. The summed E-state index contributed by atoms with van der Waals surface area (Å²) in [6.07, 6.45) is 2.05. The minimum atomic E-state index is -4.27. The number of fused-ring (bicyclic) bond motifs is 2. The summed E-state index contributed by atoms with van der Waals surface area (Å²) < 4.78 is 45.1. The first kappa shape index (κ1) is 26.3. The maximum Gasteiger partial charge on any atom is 0.412 e. The third-order valence-electron chi connectivity index (χ3n) is 8.18. The number of hydrogen-bond acceptors (Lipinski definition) is 6.